The van der Waals surface area contributed by atoms with Gasteiger partial charge in [0.25, 0.3) is 0 Å². The smallest absolute Gasteiger partial charge is 0.243 e. The van der Waals surface area contributed by atoms with Gasteiger partial charge in [0, 0.05) is 32.6 Å². The van der Waals surface area contributed by atoms with Gasteiger partial charge in [0.1, 0.15) is 5.75 Å². The van der Waals surface area contributed by atoms with E-state index in [1.165, 1.54) is 17.5 Å². The van der Waals surface area contributed by atoms with Crippen LogP contribution in [0.3, 0.4) is 0 Å². The first-order valence-corrected chi connectivity index (χ1v) is 9.25. The molecule has 0 N–H and O–H groups in total. The van der Waals surface area contributed by atoms with Crippen LogP contribution in [-0.4, -0.2) is 56.8 Å². The molecule has 1 aromatic rings. The number of rotatable bonds is 4. The van der Waals surface area contributed by atoms with Gasteiger partial charge in [-0.25, -0.2) is 8.42 Å². The van der Waals surface area contributed by atoms with Crippen molar-refractivity contribution in [2.45, 2.75) is 25.2 Å². The Hall–Kier alpha value is -1.31. The predicted molar refractivity (Wildman–Crippen MR) is 88.4 cm³/mol. The zero-order valence-corrected chi connectivity index (χ0v) is 15.1. The van der Waals surface area contributed by atoms with Crippen molar-refractivity contribution in [1.82, 2.24) is 9.21 Å². The number of nitrogens with zero attached hydrogens (tertiary/aromatic N) is 2. The van der Waals surface area contributed by atoms with Crippen LogP contribution in [0.4, 0.5) is 0 Å². The molecule has 1 saturated heterocycles. The number of carbonyl (C=O) groups excluding carboxylic acids is 1. The van der Waals surface area contributed by atoms with Crippen molar-refractivity contribution in [2.24, 2.45) is 0 Å². The second-order valence-corrected chi connectivity index (χ2v) is 7.70. The molecule has 1 aliphatic rings. The van der Waals surface area contributed by atoms with Gasteiger partial charge in [-0.1, -0.05) is 18.5 Å². The largest absolute Gasteiger partial charge is 0.495 e. The van der Waals surface area contributed by atoms with E-state index >= 15 is 0 Å². The Balaban J connectivity index is 2.24. The Labute approximate surface area is 142 Å². The molecule has 0 unspecified atom stereocenters. The number of ether oxygens (including phenoxy) is 1. The van der Waals surface area contributed by atoms with E-state index in [4.69, 9.17) is 16.3 Å². The third kappa shape index (κ3) is 3.62. The highest BCUT2D eigenvalue weighted by molar-refractivity contribution is 7.89. The standard InChI is InChI=1S/C15H21ClN2O4S/c1-4-15(19)17-5-7-18(8-6-17)23(20,21)14-10-12(16)13(22-3)9-11(14)2/h9-10H,4-8H2,1-3H3. The number of aryl methyl sites for hydroxylation is 1. The second-order valence-electron chi connectivity index (χ2n) is 5.39. The number of hydrogen-bond acceptors (Lipinski definition) is 4. The molecule has 0 aliphatic carbocycles. The molecule has 1 fully saturated rings. The molecule has 0 spiro atoms. The van der Waals surface area contributed by atoms with Gasteiger partial charge in [0.05, 0.1) is 17.0 Å². The van der Waals surface area contributed by atoms with E-state index in [1.54, 1.807) is 24.8 Å². The molecule has 1 amide bonds. The van der Waals surface area contributed by atoms with Crippen LogP contribution in [0.2, 0.25) is 5.02 Å². The number of carbonyl (C=O) groups is 1. The first kappa shape index (κ1) is 18.0. The van der Waals surface area contributed by atoms with Crippen LogP contribution in [0.5, 0.6) is 5.75 Å². The summed E-state index contributed by atoms with van der Waals surface area (Å²) in [5.41, 5.74) is 0.582. The summed E-state index contributed by atoms with van der Waals surface area (Å²) in [6.45, 7) is 4.91. The van der Waals surface area contributed by atoms with Crippen molar-refractivity contribution in [3.8, 4) is 5.75 Å². The number of sulfonamides is 1. The Bertz CT molecular complexity index is 698. The average Bonchev–Trinajstić information content (AvgIpc) is 2.55. The van der Waals surface area contributed by atoms with Crippen LogP contribution in [0, 0.1) is 6.92 Å². The molecule has 2 rings (SSSR count). The van der Waals surface area contributed by atoms with Gasteiger partial charge in [0.15, 0.2) is 0 Å². The molecule has 128 valence electrons. The highest BCUT2D eigenvalue weighted by Crippen LogP contribution is 2.31. The lowest BCUT2D eigenvalue weighted by Gasteiger charge is -2.34. The third-order valence-corrected chi connectivity index (χ3v) is 6.30. The van der Waals surface area contributed by atoms with Crippen molar-refractivity contribution < 1.29 is 17.9 Å². The lowest BCUT2D eigenvalue weighted by Crippen LogP contribution is -2.50. The zero-order chi connectivity index (χ0) is 17.2. The molecule has 1 aliphatic heterocycles. The summed E-state index contributed by atoms with van der Waals surface area (Å²) in [6.07, 6.45) is 0.431. The van der Waals surface area contributed by atoms with Crippen LogP contribution in [-0.2, 0) is 14.8 Å². The van der Waals surface area contributed by atoms with Crippen molar-refractivity contribution >= 4 is 27.5 Å². The minimum atomic E-state index is -3.64. The summed E-state index contributed by atoms with van der Waals surface area (Å²) in [5.74, 6) is 0.493. The van der Waals surface area contributed by atoms with Gasteiger partial charge >= 0.3 is 0 Å². The molecule has 0 atom stereocenters. The van der Waals surface area contributed by atoms with Gasteiger partial charge in [-0.2, -0.15) is 4.31 Å². The minimum absolute atomic E-state index is 0.0470. The third-order valence-electron chi connectivity index (χ3n) is 3.96. The highest BCUT2D eigenvalue weighted by atomic mass is 35.5. The molecule has 0 bridgehead atoms. The lowest BCUT2D eigenvalue weighted by atomic mass is 10.2. The van der Waals surface area contributed by atoms with E-state index in [-0.39, 0.29) is 28.9 Å². The summed E-state index contributed by atoms with van der Waals surface area (Å²) >= 11 is 6.07. The maximum Gasteiger partial charge on any atom is 0.243 e. The zero-order valence-electron chi connectivity index (χ0n) is 13.5. The topological polar surface area (TPSA) is 66.9 Å². The number of benzene rings is 1. The van der Waals surface area contributed by atoms with E-state index in [0.717, 1.165) is 0 Å². The fraction of sp³-hybridized carbons (Fsp3) is 0.533. The van der Waals surface area contributed by atoms with Gasteiger partial charge in [-0.15, -0.1) is 0 Å². The van der Waals surface area contributed by atoms with E-state index in [0.29, 0.717) is 30.8 Å². The normalized spacial score (nSPS) is 16.4. The molecule has 1 heterocycles. The molecular weight excluding hydrogens is 340 g/mol. The van der Waals surface area contributed by atoms with Crippen LogP contribution < -0.4 is 4.74 Å². The summed E-state index contributed by atoms with van der Waals surface area (Å²) in [4.78, 5) is 13.6. The molecule has 0 aromatic heterocycles. The molecule has 8 heteroatoms. The molecule has 0 saturated carbocycles. The number of amides is 1. The van der Waals surface area contributed by atoms with E-state index in [2.05, 4.69) is 0 Å². The van der Waals surface area contributed by atoms with E-state index < -0.39 is 10.0 Å². The van der Waals surface area contributed by atoms with Crippen molar-refractivity contribution in [2.75, 3.05) is 33.3 Å². The Morgan fingerprint density at radius 2 is 1.87 bits per heavy atom. The fourth-order valence-electron chi connectivity index (χ4n) is 2.61. The molecule has 23 heavy (non-hydrogen) atoms. The Morgan fingerprint density at radius 1 is 1.26 bits per heavy atom. The van der Waals surface area contributed by atoms with Crippen LogP contribution in [0.15, 0.2) is 17.0 Å². The predicted octanol–water partition coefficient (Wildman–Crippen LogP) is 1.90. The van der Waals surface area contributed by atoms with Crippen LogP contribution >= 0.6 is 11.6 Å². The fourth-order valence-corrected chi connectivity index (χ4v) is 4.57. The first-order valence-electron chi connectivity index (χ1n) is 7.43. The van der Waals surface area contributed by atoms with Gasteiger partial charge in [-0.05, 0) is 24.6 Å². The summed E-state index contributed by atoms with van der Waals surface area (Å²) in [6, 6.07) is 3.04. The molecule has 0 radical (unpaired) electrons. The Kier molecular flexibility index (Phi) is 5.54. The van der Waals surface area contributed by atoms with E-state index in [9.17, 15) is 13.2 Å². The Morgan fingerprint density at radius 3 is 2.39 bits per heavy atom. The van der Waals surface area contributed by atoms with Gasteiger partial charge in [-0.3, -0.25) is 4.79 Å². The lowest BCUT2D eigenvalue weighted by molar-refractivity contribution is -0.132. The van der Waals surface area contributed by atoms with Crippen molar-refractivity contribution in [3.05, 3.63) is 22.7 Å². The van der Waals surface area contributed by atoms with Crippen molar-refractivity contribution in [1.29, 1.82) is 0 Å². The quantitative estimate of drug-likeness (QED) is 0.822. The molecular formula is C15H21ClN2O4S. The van der Waals surface area contributed by atoms with Crippen LogP contribution in [0.1, 0.15) is 18.9 Å². The van der Waals surface area contributed by atoms with Gasteiger partial charge in [0.2, 0.25) is 15.9 Å². The number of hydrogen-bond donors (Lipinski definition) is 0. The summed E-state index contributed by atoms with van der Waals surface area (Å²) in [5, 5.41) is 0.261. The summed E-state index contributed by atoms with van der Waals surface area (Å²) in [7, 11) is -2.16. The molecule has 6 nitrogen and oxygen atoms in total. The molecule has 1 aromatic carbocycles. The number of halogens is 1. The first-order chi connectivity index (χ1) is 10.8. The highest BCUT2D eigenvalue weighted by Gasteiger charge is 2.31. The SMILES string of the molecule is CCC(=O)N1CCN(S(=O)(=O)c2cc(Cl)c(OC)cc2C)CC1. The van der Waals surface area contributed by atoms with Crippen LogP contribution in [0.25, 0.3) is 0 Å². The maximum atomic E-state index is 12.8. The average molecular weight is 361 g/mol. The number of piperazine rings is 1. The monoisotopic (exact) mass is 360 g/mol. The van der Waals surface area contributed by atoms with Gasteiger partial charge < -0.3 is 9.64 Å². The maximum absolute atomic E-state index is 12.8. The second kappa shape index (κ2) is 7.07. The number of methoxy groups -OCH3 is 1. The van der Waals surface area contributed by atoms with E-state index in [1.807, 2.05) is 0 Å². The van der Waals surface area contributed by atoms with Crippen molar-refractivity contribution in [3.63, 3.8) is 0 Å². The summed E-state index contributed by atoms with van der Waals surface area (Å²) < 4.78 is 32.2. The minimum Gasteiger partial charge on any atom is -0.495 e.